The molecule has 2 atom stereocenters. The monoisotopic (exact) mass is 355 g/mol. The van der Waals surface area contributed by atoms with E-state index in [0.29, 0.717) is 6.54 Å². The quantitative estimate of drug-likeness (QED) is 0.668. The maximum atomic E-state index is 13.9. The summed E-state index contributed by atoms with van der Waals surface area (Å²) in [6, 6.07) is 12.5. The fraction of sp³-hybridized carbons (Fsp3) is 0.286. The van der Waals surface area contributed by atoms with Crippen LogP contribution in [-0.4, -0.2) is 31.0 Å². The second-order valence-electron chi connectivity index (χ2n) is 6.75. The SMILES string of the molecule is COc1ccc(C[NH+](C)[C@@H](C)C(=O)c2c(C)[nH]c3ccccc23)cc1F. The molecule has 2 aromatic carbocycles. The zero-order valence-corrected chi connectivity index (χ0v) is 15.5. The first-order valence-electron chi connectivity index (χ1n) is 8.68. The van der Waals surface area contributed by atoms with Crippen molar-refractivity contribution in [2.75, 3.05) is 14.2 Å². The Hall–Kier alpha value is -2.66. The fourth-order valence-electron chi connectivity index (χ4n) is 3.33. The van der Waals surface area contributed by atoms with Gasteiger partial charge in [0.15, 0.2) is 11.6 Å². The van der Waals surface area contributed by atoms with Crippen molar-refractivity contribution in [2.24, 2.45) is 0 Å². The molecule has 0 radical (unpaired) electrons. The predicted octanol–water partition coefficient (Wildman–Crippen LogP) is 2.91. The van der Waals surface area contributed by atoms with Crippen molar-refractivity contribution < 1.29 is 18.8 Å². The second-order valence-corrected chi connectivity index (χ2v) is 6.75. The molecule has 1 unspecified atom stereocenters. The van der Waals surface area contributed by atoms with E-state index in [4.69, 9.17) is 4.74 Å². The van der Waals surface area contributed by atoms with Gasteiger partial charge in [0.2, 0.25) is 5.78 Å². The number of methoxy groups -OCH3 is 1. The maximum absolute atomic E-state index is 13.9. The van der Waals surface area contributed by atoms with Gasteiger partial charge in [-0.05, 0) is 38.1 Å². The number of halogens is 1. The number of carbonyl (C=O) groups is 1. The first kappa shape index (κ1) is 18.1. The van der Waals surface area contributed by atoms with Gasteiger partial charge in [0.1, 0.15) is 12.6 Å². The third-order valence-electron chi connectivity index (χ3n) is 4.97. The summed E-state index contributed by atoms with van der Waals surface area (Å²) >= 11 is 0. The van der Waals surface area contributed by atoms with Crippen LogP contribution in [0, 0.1) is 12.7 Å². The molecule has 26 heavy (non-hydrogen) atoms. The van der Waals surface area contributed by atoms with Crippen LogP contribution in [0.4, 0.5) is 4.39 Å². The Kier molecular flexibility index (Phi) is 5.09. The number of ketones is 1. The van der Waals surface area contributed by atoms with Crippen molar-refractivity contribution >= 4 is 16.7 Å². The number of Topliss-reactive ketones (excluding diaryl/α,β-unsaturated/α-hetero) is 1. The Morgan fingerprint density at radius 1 is 1.27 bits per heavy atom. The number of fused-ring (bicyclic) bond motifs is 1. The van der Waals surface area contributed by atoms with Gasteiger partial charge in [0, 0.05) is 22.2 Å². The number of ether oxygens (including phenoxy) is 1. The topological polar surface area (TPSA) is 46.5 Å². The summed E-state index contributed by atoms with van der Waals surface area (Å²) in [4.78, 5) is 17.4. The van der Waals surface area contributed by atoms with Gasteiger partial charge in [-0.15, -0.1) is 0 Å². The van der Waals surface area contributed by atoms with Gasteiger partial charge >= 0.3 is 0 Å². The van der Waals surface area contributed by atoms with Gasteiger partial charge in [0.25, 0.3) is 0 Å². The van der Waals surface area contributed by atoms with E-state index in [1.807, 2.05) is 51.2 Å². The minimum Gasteiger partial charge on any atom is -0.494 e. The van der Waals surface area contributed by atoms with Gasteiger partial charge in [0.05, 0.1) is 19.7 Å². The van der Waals surface area contributed by atoms with Crippen molar-refractivity contribution in [3.8, 4) is 5.75 Å². The fourth-order valence-corrected chi connectivity index (χ4v) is 3.33. The van der Waals surface area contributed by atoms with E-state index in [-0.39, 0.29) is 23.4 Å². The van der Waals surface area contributed by atoms with E-state index in [1.54, 1.807) is 6.07 Å². The highest BCUT2D eigenvalue weighted by Crippen LogP contribution is 2.23. The standard InChI is InChI=1S/C21H23FN2O2/c1-13-20(16-7-5-6-8-18(16)23-13)21(25)14(2)24(3)12-15-9-10-19(26-4)17(22)11-15/h5-11,14,23H,12H2,1-4H3/p+1/t14-/m0/s1. The summed E-state index contributed by atoms with van der Waals surface area (Å²) in [6.07, 6.45) is 0. The molecule has 0 spiro atoms. The van der Waals surface area contributed by atoms with Crippen LogP contribution in [0.15, 0.2) is 42.5 Å². The minimum atomic E-state index is -0.385. The molecule has 0 aliphatic carbocycles. The Morgan fingerprint density at radius 3 is 2.69 bits per heavy atom. The van der Waals surface area contributed by atoms with E-state index in [0.717, 1.165) is 32.6 Å². The molecule has 3 aromatic rings. The molecule has 0 saturated carbocycles. The lowest BCUT2D eigenvalue weighted by atomic mass is 10.0. The number of carbonyl (C=O) groups excluding carboxylic acids is 1. The lowest BCUT2D eigenvalue weighted by Crippen LogP contribution is -3.12. The number of nitrogens with one attached hydrogen (secondary N) is 2. The molecule has 0 bridgehead atoms. The average Bonchev–Trinajstić information content (AvgIpc) is 2.96. The molecule has 0 amide bonds. The second kappa shape index (κ2) is 7.30. The van der Waals surface area contributed by atoms with Crippen LogP contribution in [0.2, 0.25) is 0 Å². The molecule has 5 heteroatoms. The number of hydrogen-bond donors (Lipinski definition) is 2. The molecule has 1 heterocycles. The van der Waals surface area contributed by atoms with Crippen molar-refractivity contribution in [1.29, 1.82) is 0 Å². The van der Waals surface area contributed by atoms with Crippen LogP contribution in [0.5, 0.6) is 5.75 Å². The Morgan fingerprint density at radius 2 is 2.00 bits per heavy atom. The molecular formula is C21H24FN2O2+. The molecule has 4 nitrogen and oxygen atoms in total. The summed E-state index contributed by atoms with van der Waals surface area (Å²) in [5.74, 6) is -0.0689. The van der Waals surface area contributed by atoms with Gasteiger partial charge in [-0.3, -0.25) is 4.79 Å². The van der Waals surface area contributed by atoms with Crippen LogP contribution in [0.1, 0.15) is 28.5 Å². The summed E-state index contributed by atoms with van der Waals surface area (Å²) in [5.41, 5.74) is 3.42. The molecule has 0 saturated heterocycles. The summed E-state index contributed by atoms with van der Waals surface area (Å²) in [5, 5.41) is 0.949. The molecule has 0 fully saturated rings. The molecule has 0 aliphatic rings. The highest BCUT2D eigenvalue weighted by Gasteiger charge is 2.27. The zero-order chi connectivity index (χ0) is 18.8. The van der Waals surface area contributed by atoms with Crippen LogP contribution in [-0.2, 0) is 6.54 Å². The smallest absolute Gasteiger partial charge is 0.222 e. The van der Waals surface area contributed by atoms with E-state index in [9.17, 15) is 9.18 Å². The number of quaternary nitrogens is 1. The van der Waals surface area contributed by atoms with Crippen molar-refractivity contribution in [3.05, 3.63) is 65.1 Å². The number of H-pyrrole nitrogens is 1. The van der Waals surface area contributed by atoms with E-state index in [1.165, 1.54) is 13.2 Å². The first-order chi connectivity index (χ1) is 12.4. The number of aromatic nitrogens is 1. The molecule has 1 aromatic heterocycles. The Balaban J connectivity index is 1.81. The van der Waals surface area contributed by atoms with Gasteiger partial charge in [-0.25, -0.2) is 4.39 Å². The van der Waals surface area contributed by atoms with E-state index in [2.05, 4.69) is 4.98 Å². The summed E-state index contributed by atoms with van der Waals surface area (Å²) in [7, 11) is 3.40. The van der Waals surface area contributed by atoms with Crippen molar-refractivity contribution in [3.63, 3.8) is 0 Å². The van der Waals surface area contributed by atoms with Crippen molar-refractivity contribution in [2.45, 2.75) is 26.4 Å². The molecule has 2 N–H and O–H groups in total. The van der Waals surface area contributed by atoms with E-state index < -0.39 is 0 Å². The highest BCUT2D eigenvalue weighted by molar-refractivity contribution is 6.10. The lowest BCUT2D eigenvalue weighted by Gasteiger charge is -2.21. The normalized spacial score (nSPS) is 13.6. The predicted molar refractivity (Wildman–Crippen MR) is 100 cm³/mol. The highest BCUT2D eigenvalue weighted by atomic mass is 19.1. The summed E-state index contributed by atoms with van der Waals surface area (Å²) < 4.78 is 18.9. The van der Waals surface area contributed by atoms with Crippen LogP contribution in [0.25, 0.3) is 10.9 Å². The van der Waals surface area contributed by atoms with E-state index >= 15 is 0 Å². The van der Waals surface area contributed by atoms with Crippen molar-refractivity contribution in [1.82, 2.24) is 4.98 Å². The van der Waals surface area contributed by atoms with Gasteiger partial charge in [-0.2, -0.15) is 0 Å². The van der Waals surface area contributed by atoms with Crippen LogP contribution < -0.4 is 9.64 Å². The largest absolute Gasteiger partial charge is 0.494 e. The first-order valence-corrected chi connectivity index (χ1v) is 8.68. The molecular weight excluding hydrogens is 331 g/mol. The molecule has 136 valence electrons. The lowest BCUT2D eigenvalue weighted by molar-refractivity contribution is -0.907. The maximum Gasteiger partial charge on any atom is 0.222 e. The summed E-state index contributed by atoms with van der Waals surface area (Å²) in [6.45, 7) is 4.39. The number of hydrogen-bond acceptors (Lipinski definition) is 2. The van der Waals surface area contributed by atoms with Crippen LogP contribution in [0.3, 0.4) is 0 Å². The number of benzene rings is 2. The number of aromatic amines is 1. The average molecular weight is 355 g/mol. The Bertz CT molecular complexity index is 948. The van der Waals surface area contributed by atoms with Crippen LogP contribution >= 0.6 is 0 Å². The minimum absolute atomic E-state index is 0.0893. The Labute approximate surface area is 152 Å². The number of para-hydroxylation sites is 1. The molecule has 0 aliphatic heterocycles. The number of aryl methyl sites for hydroxylation is 1. The zero-order valence-electron chi connectivity index (χ0n) is 15.5. The third kappa shape index (κ3) is 3.35. The molecule has 3 rings (SSSR count). The third-order valence-corrected chi connectivity index (χ3v) is 4.97. The van der Waals surface area contributed by atoms with Gasteiger partial charge in [-0.1, -0.05) is 18.2 Å². The number of likely N-dealkylation sites (N-methyl/N-ethyl adjacent to an activating group) is 1. The number of rotatable bonds is 6. The van der Waals surface area contributed by atoms with Gasteiger partial charge < -0.3 is 14.6 Å².